The normalized spacial score (nSPS) is 16.8. The van der Waals surface area contributed by atoms with E-state index in [2.05, 4.69) is 10.3 Å². The molecule has 1 aromatic heterocycles. The van der Waals surface area contributed by atoms with Crippen LogP contribution in [0.2, 0.25) is 0 Å². The van der Waals surface area contributed by atoms with Crippen molar-refractivity contribution in [3.8, 4) is 11.3 Å². The lowest BCUT2D eigenvalue weighted by Crippen LogP contribution is -2.46. The van der Waals surface area contributed by atoms with E-state index in [0.717, 1.165) is 29.0 Å². The summed E-state index contributed by atoms with van der Waals surface area (Å²) in [6.07, 6.45) is 2.92. The monoisotopic (exact) mass is 478 g/mol. The van der Waals surface area contributed by atoms with Crippen molar-refractivity contribution in [2.75, 3.05) is 11.4 Å². The molecule has 3 aromatic rings. The van der Waals surface area contributed by atoms with Gasteiger partial charge in [0.15, 0.2) is 5.13 Å². The van der Waals surface area contributed by atoms with Gasteiger partial charge in [-0.25, -0.2) is 14.2 Å². The number of amides is 4. The second-order valence-corrected chi connectivity index (χ2v) is 9.43. The van der Waals surface area contributed by atoms with E-state index in [1.807, 2.05) is 35.7 Å². The predicted octanol–water partition coefficient (Wildman–Crippen LogP) is 4.35. The smallest absolute Gasteiger partial charge is 0.323 e. The van der Waals surface area contributed by atoms with E-state index in [1.54, 1.807) is 12.1 Å². The number of nitrogens with zero attached hydrogens (tertiary/aromatic N) is 3. The highest BCUT2D eigenvalue weighted by molar-refractivity contribution is 7.14. The molecule has 1 aliphatic heterocycles. The average Bonchev–Trinajstić information content (AvgIpc) is 3.57. The molecule has 0 atom stereocenters. The number of thiazole rings is 1. The maximum atomic E-state index is 13.5. The lowest BCUT2D eigenvalue weighted by atomic mass is 9.98. The van der Waals surface area contributed by atoms with Crippen LogP contribution in [0.25, 0.3) is 11.3 Å². The number of rotatable bonds is 6. The molecule has 174 valence electrons. The zero-order valence-corrected chi connectivity index (χ0v) is 19.2. The Bertz CT molecular complexity index is 1220. The first-order chi connectivity index (χ1) is 16.4. The number of halogens is 1. The summed E-state index contributed by atoms with van der Waals surface area (Å²) < 4.78 is 13.4. The fourth-order valence-electron chi connectivity index (χ4n) is 4.52. The van der Waals surface area contributed by atoms with E-state index in [0.29, 0.717) is 23.5 Å². The summed E-state index contributed by atoms with van der Waals surface area (Å²) in [5, 5.41) is 5.11. The maximum Gasteiger partial charge on any atom is 0.325 e. The Morgan fingerprint density at radius 3 is 2.50 bits per heavy atom. The fourth-order valence-corrected chi connectivity index (χ4v) is 5.37. The molecule has 1 saturated carbocycles. The van der Waals surface area contributed by atoms with Gasteiger partial charge in [0.2, 0.25) is 5.91 Å². The van der Waals surface area contributed by atoms with Crippen molar-refractivity contribution in [2.24, 2.45) is 0 Å². The average molecular weight is 479 g/mol. The van der Waals surface area contributed by atoms with Crippen molar-refractivity contribution in [3.05, 3.63) is 71.4 Å². The van der Waals surface area contributed by atoms with E-state index >= 15 is 0 Å². The number of urea groups is 1. The van der Waals surface area contributed by atoms with Gasteiger partial charge in [-0.15, -0.1) is 11.3 Å². The minimum absolute atomic E-state index is 0.135. The second-order valence-electron chi connectivity index (χ2n) is 8.60. The largest absolute Gasteiger partial charge is 0.325 e. The molecule has 1 aliphatic carbocycles. The lowest BCUT2D eigenvalue weighted by molar-refractivity contribution is -0.134. The minimum atomic E-state index is -0.874. The Hall–Kier alpha value is -3.59. The van der Waals surface area contributed by atoms with Crippen LogP contribution in [-0.2, 0) is 16.1 Å². The number of hydrogen-bond donors (Lipinski definition) is 1. The molecule has 0 radical (unpaired) electrons. The summed E-state index contributed by atoms with van der Waals surface area (Å²) in [5.41, 5.74) is 1.46. The van der Waals surface area contributed by atoms with Crippen LogP contribution < -0.4 is 10.2 Å². The molecule has 2 fully saturated rings. The summed E-state index contributed by atoms with van der Waals surface area (Å²) in [5.74, 6) is -1.14. The zero-order valence-electron chi connectivity index (χ0n) is 18.4. The van der Waals surface area contributed by atoms with Crippen LogP contribution in [0.4, 0.5) is 14.3 Å². The summed E-state index contributed by atoms with van der Waals surface area (Å²) in [7, 11) is 0. The molecular weight excluding hydrogens is 455 g/mol. The van der Waals surface area contributed by atoms with Crippen LogP contribution in [0.3, 0.4) is 0 Å². The molecule has 1 spiro atoms. The first-order valence-electron chi connectivity index (χ1n) is 11.2. The van der Waals surface area contributed by atoms with Gasteiger partial charge in [-0.1, -0.05) is 55.3 Å². The number of imide groups is 1. The van der Waals surface area contributed by atoms with E-state index in [1.165, 1.54) is 28.4 Å². The van der Waals surface area contributed by atoms with Crippen molar-refractivity contribution in [1.29, 1.82) is 0 Å². The second kappa shape index (κ2) is 8.98. The first-order valence-corrected chi connectivity index (χ1v) is 12.0. The Kier molecular flexibility index (Phi) is 5.87. The highest BCUT2D eigenvalue weighted by Crippen LogP contribution is 2.35. The molecule has 4 amide bonds. The SMILES string of the molecule is O=C1NC2(CCCC2)C(=O)N1CC(=O)N(Cc1ccc(F)cc1)c1nc(-c2ccccc2)cs1. The first kappa shape index (κ1) is 22.2. The molecule has 34 heavy (non-hydrogen) atoms. The standard InChI is InChI=1S/C25H23FN4O3S/c26-19-10-8-17(9-11-19)14-29(24-27-20(16-34-24)18-6-2-1-3-7-18)21(31)15-30-22(32)25(28-23(30)33)12-4-5-13-25/h1-3,6-11,16H,4-5,12-15H2,(H,28,33). The van der Waals surface area contributed by atoms with Gasteiger partial charge in [-0.3, -0.25) is 19.4 Å². The Morgan fingerprint density at radius 1 is 1.09 bits per heavy atom. The third-order valence-corrected chi connectivity index (χ3v) is 7.21. The summed E-state index contributed by atoms with van der Waals surface area (Å²) in [6, 6.07) is 14.9. The van der Waals surface area contributed by atoms with Crippen molar-refractivity contribution in [3.63, 3.8) is 0 Å². The van der Waals surface area contributed by atoms with Crippen molar-refractivity contribution in [1.82, 2.24) is 15.2 Å². The highest BCUT2D eigenvalue weighted by Gasteiger charge is 2.53. The van der Waals surface area contributed by atoms with Gasteiger partial charge in [0.25, 0.3) is 5.91 Å². The molecular formula is C25H23FN4O3S. The van der Waals surface area contributed by atoms with Gasteiger partial charge in [0.05, 0.1) is 12.2 Å². The van der Waals surface area contributed by atoms with Crippen molar-refractivity contribution >= 4 is 34.3 Å². The molecule has 0 unspecified atom stereocenters. The molecule has 9 heteroatoms. The quantitative estimate of drug-likeness (QED) is 0.534. The zero-order chi connectivity index (χ0) is 23.7. The highest BCUT2D eigenvalue weighted by atomic mass is 32.1. The molecule has 0 bridgehead atoms. The van der Waals surface area contributed by atoms with Gasteiger partial charge in [0, 0.05) is 10.9 Å². The Labute approximate surface area is 200 Å². The van der Waals surface area contributed by atoms with Gasteiger partial charge >= 0.3 is 6.03 Å². The number of benzene rings is 2. The number of nitrogens with one attached hydrogen (secondary N) is 1. The molecule has 2 aromatic carbocycles. The number of anilines is 1. The summed E-state index contributed by atoms with van der Waals surface area (Å²) in [4.78, 5) is 46.2. The van der Waals surface area contributed by atoms with Gasteiger partial charge in [-0.2, -0.15) is 0 Å². The van der Waals surface area contributed by atoms with Crippen LogP contribution in [0, 0.1) is 5.82 Å². The molecule has 7 nitrogen and oxygen atoms in total. The maximum absolute atomic E-state index is 13.5. The molecule has 2 aliphatic rings. The Morgan fingerprint density at radius 2 is 1.79 bits per heavy atom. The van der Waals surface area contributed by atoms with Crippen LogP contribution in [0.15, 0.2) is 60.0 Å². The van der Waals surface area contributed by atoms with Gasteiger partial charge in [-0.05, 0) is 30.5 Å². The summed E-state index contributed by atoms with van der Waals surface area (Å²) >= 11 is 1.30. The van der Waals surface area contributed by atoms with Crippen molar-refractivity contribution in [2.45, 2.75) is 37.8 Å². The molecule has 1 saturated heterocycles. The minimum Gasteiger partial charge on any atom is -0.323 e. The predicted molar refractivity (Wildman–Crippen MR) is 127 cm³/mol. The molecule has 2 heterocycles. The van der Waals surface area contributed by atoms with Crippen LogP contribution >= 0.6 is 11.3 Å². The van der Waals surface area contributed by atoms with Crippen LogP contribution in [0.5, 0.6) is 0 Å². The van der Waals surface area contributed by atoms with E-state index in [-0.39, 0.29) is 24.8 Å². The topological polar surface area (TPSA) is 82.6 Å². The number of hydrogen-bond acceptors (Lipinski definition) is 5. The van der Waals surface area contributed by atoms with E-state index in [4.69, 9.17) is 0 Å². The molecule has 1 N–H and O–H groups in total. The van der Waals surface area contributed by atoms with E-state index < -0.39 is 17.5 Å². The van der Waals surface area contributed by atoms with Crippen molar-refractivity contribution < 1.29 is 18.8 Å². The number of carbonyl (C=O) groups is 3. The third kappa shape index (κ3) is 4.19. The van der Waals surface area contributed by atoms with E-state index in [9.17, 15) is 18.8 Å². The Balaban J connectivity index is 1.42. The van der Waals surface area contributed by atoms with Crippen LogP contribution in [-0.4, -0.2) is 39.8 Å². The lowest BCUT2D eigenvalue weighted by Gasteiger charge is -2.23. The summed E-state index contributed by atoms with van der Waals surface area (Å²) in [6.45, 7) is -0.247. The van der Waals surface area contributed by atoms with Gasteiger partial charge in [0.1, 0.15) is 17.9 Å². The number of carbonyl (C=O) groups excluding carboxylic acids is 3. The third-order valence-electron chi connectivity index (χ3n) is 6.34. The van der Waals surface area contributed by atoms with Gasteiger partial charge < -0.3 is 5.32 Å². The molecule has 5 rings (SSSR count). The number of aromatic nitrogens is 1. The fraction of sp³-hybridized carbons (Fsp3) is 0.280. The van der Waals surface area contributed by atoms with Crippen LogP contribution in [0.1, 0.15) is 31.2 Å².